The molecule has 4 rings (SSSR count). The Morgan fingerprint density at radius 2 is 1.78 bits per heavy atom. The maximum atomic E-state index is 13.1. The standard InChI is InChI=1S/C27H19FN4O4S/c1-2-35-23-15-17(8-13-22(23)36-26(34)19-9-11-21(28)12-10-19)14-20(16-29)25-31-32-27(37-25)30-24(33)18-6-4-3-5-7-18/h3-15H,2H2,1H3,(H,30,32,33)/b20-14-. The van der Waals surface area contributed by atoms with E-state index in [0.29, 0.717) is 22.7 Å². The molecule has 0 atom stereocenters. The van der Waals surface area contributed by atoms with Crippen LogP contribution >= 0.6 is 11.3 Å². The number of hydrogen-bond donors (Lipinski definition) is 1. The summed E-state index contributed by atoms with van der Waals surface area (Å²) >= 11 is 1.06. The molecule has 37 heavy (non-hydrogen) atoms. The molecular formula is C27H19FN4O4S. The SMILES string of the molecule is CCOc1cc(/C=C(/C#N)c2nnc(NC(=O)c3ccccc3)s2)ccc1OC(=O)c1ccc(F)cc1. The highest BCUT2D eigenvalue weighted by atomic mass is 32.1. The summed E-state index contributed by atoms with van der Waals surface area (Å²) in [7, 11) is 0. The Morgan fingerprint density at radius 1 is 1.03 bits per heavy atom. The van der Waals surface area contributed by atoms with Gasteiger partial charge in [0.15, 0.2) is 16.5 Å². The molecule has 0 radical (unpaired) electrons. The summed E-state index contributed by atoms with van der Waals surface area (Å²) in [5.74, 6) is -0.998. The van der Waals surface area contributed by atoms with Crippen LogP contribution in [0.3, 0.4) is 0 Å². The number of esters is 1. The van der Waals surface area contributed by atoms with Crippen molar-refractivity contribution in [3.05, 3.63) is 100 Å². The number of halogens is 1. The molecule has 3 aromatic carbocycles. The third-order valence-electron chi connectivity index (χ3n) is 4.89. The van der Waals surface area contributed by atoms with Crippen molar-refractivity contribution >= 4 is 40.0 Å². The van der Waals surface area contributed by atoms with Crippen LogP contribution in [0.1, 0.15) is 38.2 Å². The van der Waals surface area contributed by atoms with Crippen LogP contribution in [0, 0.1) is 17.1 Å². The number of nitrogens with one attached hydrogen (secondary N) is 1. The van der Waals surface area contributed by atoms with Crippen LogP contribution in [0.15, 0.2) is 72.8 Å². The van der Waals surface area contributed by atoms with Gasteiger partial charge in [-0.05, 0) is 67.1 Å². The Bertz CT molecular complexity index is 1500. The fourth-order valence-corrected chi connectivity index (χ4v) is 3.87. The second-order valence-corrected chi connectivity index (χ2v) is 8.42. The monoisotopic (exact) mass is 514 g/mol. The Kier molecular flexibility index (Phi) is 7.98. The third kappa shape index (κ3) is 6.42. The van der Waals surface area contributed by atoms with Crippen LogP contribution in [-0.2, 0) is 0 Å². The zero-order valence-electron chi connectivity index (χ0n) is 19.5. The van der Waals surface area contributed by atoms with Crippen molar-refractivity contribution in [2.45, 2.75) is 6.92 Å². The van der Waals surface area contributed by atoms with Gasteiger partial charge >= 0.3 is 5.97 Å². The second kappa shape index (κ2) is 11.7. The Balaban J connectivity index is 1.53. The zero-order chi connectivity index (χ0) is 26.2. The van der Waals surface area contributed by atoms with Crippen LogP contribution in [0.4, 0.5) is 9.52 Å². The molecule has 1 aromatic heterocycles. The summed E-state index contributed by atoms with van der Waals surface area (Å²) in [6.07, 6.45) is 1.58. The Labute approximate surface area is 215 Å². The number of benzene rings is 3. The van der Waals surface area contributed by atoms with Crippen LogP contribution in [0.2, 0.25) is 0 Å². The largest absolute Gasteiger partial charge is 0.490 e. The first-order valence-corrected chi connectivity index (χ1v) is 11.8. The average Bonchev–Trinajstić information content (AvgIpc) is 3.37. The van der Waals surface area contributed by atoms with E-state index in [2.05, 4.69) is 21.6 Å². The predicted molar refractivity (Wildman–Crippen MR) is 137 cm³/mol. The fourth-order valence-electron chi connectivity index (χ4n) is 3.16. The van der Waals surface area contributed by atoms with Gasteiger partial charge in [0.2, 0.25) is 5.13 Å². The normalized spacial score (nSPS) is 10.9. The number of carbonyl (C=O) groups is 2. The summed E-state index contributed by atoms with van der Waals surface area (Å²) in [6, 6.07) is 20.5. The number of nitrogens with zero attached hydrogens (tertiary/aromatic N) is 3. The van der Waals surface area contributed by atoms with Gasteiger partial charge in [0.25, 0.3) is 5.91 Å². The average molecular weight is 515 g/mol. The number of aromatic nitrogens is 2. The van der Waals surface area contributed by atoms with Crippen LogP contribution < -0.4 is 14.8 Å². The molecule has 0 spiro atoms. The van der Waals surface area contributed by atoms with Gasteiger partial charge in [0, 0.05) is 5.56 Å². The highest BCUT2D eigenvalue weighted by Gasteiger charge is 2.16. The van der Waals surface area contributed by atoms with Gasteiger partial charge in [-0.3, -0.25) is 10.1 Å². The molecule has 0 aliphatic heterocycles. The number of allylic oxidation sites excluding steroid dienone is 1. The molecule has 0 unspecified atom stereocenters. The molecule has 0 bridgehead atoms. The van der Waals surface area contributed by atoms with E-state index in [1.54, 1.807) is 55.5 Å². The lowest BCUT2D eigenvalue weighted by atomic mass is 10.1. The molecule has 1 amide bonds. The van der Waals surface area contributed by atoms with Crippen molar-refractivity contribution in [1.82, 2.24) is 10.2 Å². The van der Waals surface area contributed by atoms with Gasteiger partial charge in [-0.2, -0.15) is 5.26 Å². The van der Waals surface area contributed by atoms with E-state index in [0.717, 1.165) is 11.3 Å². The highest BCUT2D eigenvalue weighted by molar-refractivity contribution is 7.16. The van der Waals surface area contributed by atoms with Gasteiger partial charge in [0.1, 0.15) is 11.9 Å². The maximum absolute atomic E-state index is 13.1. The van der Waals surface area contributed by atoms with E-state index >= 15 is 0 Å². The van der Waals surface area contributed by atoms with Crippen molar-refractivity contribution in [2.75, 3.05) is 11.9 Å². The predicted octanol–water partition coefficient (Wildman–Crippen LogP) is 5.61. The number of carbonyl (C=O) groups excluding carboxylic acids is 2. The Hall–Kier alpha value is -4.88. The number of amides is 1. The maximum Gasteiger partial charge on any atom is 0.343 e. The smallest absolute Gasteiger partial charge is 0.343 e. The van der Waals surface area contributed by atoms with E-state index in [1.165, 1.54) is 24.3 Å². The second-order valence-electron chi connectivity index (χ2n) is 7.44. The molecule has 184 valence electrons. The topological polar surface area (TPSA) is 114 Å². The number of hydrogen-bond acceptors (Lipinski definition) is 8. The van der Waals surface area contributed by atoms with Crippen molar-refractivity contribution in [2.24, 2.45) is 0 Å². The zero-order valence-corrected chi connectivity index (χ0v) is 20.3. The van der Waals surface area contributed by atoms with Crippen LogP contribution in [0.25, 0.3) is 11.6 Å². The van der Waals surface area contributed by atoms with E-state index in [-0.39, 0.29) is 33.7 Å². The van der Waals surface area contributed by atoms with E-state index in [9.17, 15) is 19.2 Å². The lowest BCUT2D eigenvalue weighted by molar-refractivity contribution is 0.0728. The molecule has 0 aliphatic rings. The fraction of sp³-hybridized carbons (Fsp3) is 0.0741. The lowest BCUT2D eigenvalue weighted by Gasteiger charge is -2.11. The lowest BCUT2D eigenvalue weighted by Crippen LogP contribution is -2.11. The van der Waals surface area contributed by atoms with Crippen molar-refractivity contribution in [1.29, 1.82) is 5.26 Å². The summed E-state index contributed by atoms with van der Waals surface area (Å²) in [6.45, 7) is 2.08. The van der Waals surface area contributed by atoms with E-state index in [1.807, 2.05) is 6.07 Å². The molecule has 1 N–H and O–H groups in total. The minimum Gasteiger partial charge on any atom is -0.490 e. The highest BCUT2D eigenvalue weighted by Crippen LogP contribution is 2.32. The van der Waals surface area contributed by atoms with Gasteiger partial charge in [-0.25, -0.2) is 9.18 Å². The molecule has 4 aromatic rings. The number of rotatable bonds is 8. The first-order chi connectivity index (χ1) is 18.0. The third-order valence-corrected chi connectivity index (χ3v) is 5.77. The molecule has 8 nitrogen and oxygen atoms in total. The molecule has 10 heteroatoms. The van der Waals surface area contributed by atoms with Gasteiger partial charge in [0.05, 0.1) is 17.7 Å². The number of ether oxygens (including phenoxy) is 2. The summed E-state index contributed by atoms with van der Waals surface area (Å²) in [5.41, 5.74) is 1.47. The molecule has 0 saturated carbocycles. The quantitative estimate of drug-likeness (QED) is 0.185. The van der Waals surface area contributed by atoms with Gasteiger partial charge in [-0.15, -0.1) is 10.2 Å². The first kappa shape index (κ1) is 25.2. The molecule has 0 fully saturated rings. The van der Waals surface area contributed by atoms with Crippen molar-refractivity contribution < 1.29 is 23.5 Å². The van der Waals surface area contributed by atoms with E-state index < -0.39 is 11.8 Å². The molecule has 0 aliphatic carbocycles. The van der Waals surface area contributed by atoms with Crippen LogP contribution in [0.5, 0.6) is 11.5 Å². The minimum atomic E-state index is -0.666. The van der Waals surface area contributed by atoms with Gasteiger partial charge < -0.3 is 9.47 Å². The Morgan fingerprint density at radius 3 is 2.49 bits per heavy atom. The number of anilines is 1. The minimum absolute atomic E-state index is 0.175. The van der Waals surface area contributed by atoms with E-state index in [4.69, 9.17) is 9.47 Å². The summed E-state index contributed by atoms with van der Waals surface area (Å²) < 4.78 is 24.2. The molecule has 0 saturated heterocycles. The molecular weight excluding hydrogens is 495 g/mol. The summed E-state index contributed by atoms with van der Waals surface area (Å²) in [4.78, 5) is 24.8. The van der Waals surface area contributed by atoms with Crippen molar-refractivity contribution in [3.63, 3.8) is 0 Å². The number of nitriles is 1. The van der Waals surface area contributed by atoms with Gasteiger partial charge in [-0.1, -0.05) is 35.6 Å². The first-order valence-electron chi connectivity index (χ1n) is 11.0. The molecule has 1 heterocycles. The summed E-state index contributed by atoms with van der Waals surface area (Å²) in [5, 5.41) is 20.9. The van der Waals surface area contributed by atoms with Crippen LogP contribution in [-0.4, -0.2) is 28.7 Å². The van der Waals surface area contributed by atoms with Crippen molar-refractivity contribution in [3.8, 4) is 17.6 Å².